The number of hydrogen-bond acceptors (Lipinski definition) is 5. The molecule has 1 aromatic carbocycles. The molecule has 3 rings (SSSR count). The fourth-order valence-corrected chi connectivity index (χ4v) is 4.42. The van der Waals surface area contributed by atoms with Gasteiger partial charge in [0, 0.05) is 18.7 Å². The lowest BCUT2D eigenvalue weighted by Gasteiger charge is -2.23. The molecule has 0 radical (unpaired) electrons. The Kier molecular flexibility index (Phi) is 4.57. The summed E-state index contributed by atoms with van der Waals surface area (Å²) in [7, 11) is -1.42. The molecule has 1 aliphatic heterocycles. The average Bonchev–Trinajstić information content (AvgIpc) is 3.19. The second-order valence-electron chi connectivity index (χ2n) is 5.81. The molecule has 0 spiro atoms. The maximum Gasteiger partial charge on any atom is 0.317 e. The second kappa shape index (κ2) is 6.64. The van der Waals surface area contributed by atoms with Crippen molar-refractivity contribution in [1.29, 1.82) is 0 Å². The molecule has 2 heterocycles. The number of carbonyl (C=O) groups is 1. The van der Waals surface area contributed by atoms with E-state index in [4.69, 9.17) is 4.42 Å². The van der Waals surface area contributed by atoms with Crippen LogP contribution >= 0.6 is 0 Å². The standard InChI is InChI=1S/C16H19N3O4S/c1-19(13-7-8-24(21,22)11-13)16(20)18-10-15-17-9-14(23-15)12-5-3-2-4-6-12/h2-6,9,13H,7-8,10-11H2,1H3,(H,18,20)/t13-/m0/s1. The minimum atomic E-state index is -3.02. The highest BCUT2D eigenvalue weighted by molar-refractivity contribution is 7.91. The van der Waals surface area contributed by atoms with Crippen LogP contribution in [0.5, 0.6) is 0 Å². The minimum Gasteiger partial charge on any atom is -0.439 e. The van der Waals surface area contributed by atoms with Crippen LogP contribution < -0.4 is 5.32 Å². The van der Waals surface area contributed by atoms with Gasteiger partial charge in [-0.3, -0.25) is 0 Å². The molecule has 1 fully saturated rings. The van der Waals surface area contributed by atoms with E-state index < -0.39 is 9.84 Å². The van der Waals surface area contributed by atoms with Gasteiger partial charge in [0.1, 0.15) is 0 Å². The number of oxazole rings is 1. The molecule has 8 heteroatoms. The monoisotopic (exact) mass is 349 g/mol. The van der Waals surface area contributed by atoms with E-state index in [1.54, 1.807) is 13.2 Å². The minimum absolute atomic E-state index is 0.0219. The first-order valence-corrected chi connectivity index (χ1v) is 9.48. The average molecular weight is 349 g/mol. The number of amides is 2. The lowest BCUT2D eigenvalue weighted by molar-refractivity contribution is 0.193. The van der Waals surface area contributed by atoms with Crippen LogP contribution in [0.3, 0.4) is 0 Å². The van der Waals surface area contributed by atoms with Gasteiger partial charge in [0.15, 0.2) is 15.6 Å². The predicted octanol–water partition coefficient (Wildman–Crippen LogP) is 1.67. The Morgan fingerprint density at radius 1 is 1.38 bits per heavy atom. The Balaban J connectivity index is 1.56. The summed E-state index contributed by atoms with van der Waals surface area (Å²) in [6.45, 7) is 0.148. The summed E-state index contributed by atoms with van der Waals surface area (Å²) >= 11 is 0. The van der Waals surface area contributed by atoms with Crippen LogP contribution in [0.2, 0.25) is 0 Å². The van der Waals surface area contributed by atoms with Crippen LogP contribution in [0.25, 0.3) is 11.3 Å². The van der Waals surface area contributed by atoms with Crippen molar-refractivity contribution >= 4 is 15.9 Å². The highest BCUT2D eigenvalue weighted by Crippen LogP contribution is 2.20. The predicted molar refractivity (Wildman–Crippen MR) is 89.0 cm³/mol. The van der Waals surface area contributed by atoms with Crippen molar-refractivity contribution in [2.75, 3.05) is 18.6 Å². The van der Waals surface area contributed by atoms with Crippen molar-refractivity contribution in [2.24, 2.45) is 0 Å². The van der Waals surface area contributed by atoms with E-state index in [1.165, 1.54) is 4.90 Å². The number of sulfone groups is 1. The quantitative estimate of drug-likeness (QED) is 0.906. The van der Waals surface area contributed by atoms with Crippen LogP contribution in [0.1, 0.15) is 12.3 Å². The van der Waals surface area contributed by atoms with Crippen molar-refractivity contribution in [3.63, 3.8) is 0 Å². The molecule has 1 atom stereocenters. The van der Waals surface area contributed by atoms with Gasteiger partial charge in [-0.2, -0.15) is 0 Å². The zero-order valence-corrected chi connectivity index (χ0v) is 14.1. The van der Waals surface area contributed by atoms with Gasteiger partial charge in [0.25, 0.3) is 0 Å². The smallest absolute Gasteiger partial charge is 0.317 e. The fourth-order valence-electron chi connectivity index (χ4n) is 2.65. The van der Waals surface area contributed by atoms with Crippen LogP contribution in [0.15, 0.2) is 40.9 Å². The largest absolute Gasteiger partial charge is 0.439 e. The van der Waals surface area contributed by atoms with Gasteiger partial charge in [-0.1, -0.05) is 30.3 Å². The van der Waals surface area contributed by atoms with Gasteiger partial charge in [-0.25, -0.2) is 18.2 Å². The summed E-state index contributed by atoms with van der Waals surface area (Å²) < 4.78 is 28.6. The van der Waals surface area contributed by atoms with Crippen molar-refractivity contribution in [1.82, 2.24) is 15.2 Å². The highest BCUT2D eigenvalue weighted by Gasteiger charge is 2.32. The molecule has 2 aromatic rings. The number of nitrogens with one attached hydrogen (secondary N) is 1. The van der Waals surface area contributed by atoms with Crippen LogP contribution in [-0.2, 0) is 16.4 Å². The van der Waals surface area contributed by atoms with E-state index in [2.05, 4.69) is 10.3 Å². The lowest BCUT2D eigenvalue weighted by atomic mass is 10.2. The van der Waals surface area contributed by atoms with E-state index in [-0.39, 0.29) is 30.1 Å². The van der Waals surface area contributed by atoms with Crippen molar-refractivity contribution < 1.29 is 17.6 Å². The molecule has 7 nitrogen and oxygen atoms in total. The molecule has 1 aromatic heterocycles. The number of rotatable bonds is 4. The first-order valence-electron chi connectivity index (χ1n) is 7.66. The topological polar surface area (TPSA) is 92.5 Å². The molecule has 0 aliphatic carbocycles. The summed E-state index contributed by atoms with van der Waals surface area (Å²) in [5, 5.41) is 2.70. The number of urea groups is 1. The molecule has 1 saturated heterocycles. The molecule has 1 N–H and O–H groups in total. The molecule has 128 valence electrons. The Hall–Kier alpha value is -2.35. The molecule has 2 amide bonds. The van der Waals surface area contributed by atoms with Crippen LogP contribution in [0.4, 0.5) is 4.79 Å². The van der Waals surface area contributed by atoms with Crippen LogP contribution in [-0.4, -0.2) is 48.9 Å². The third kappa shape index (κ3) is 3.76. The summed E-state index contributed by atoms with van der Waals surface area (Å²) in [6, 6.07) is 8.94. The summed E-state index contributed by atoms with van der Waals surface area (Å²) in [6.07, 6.45) is 2.09. The van der Waals surface area contributed by atoms with Crippen molar-refractivity contribution in [2.45, 2.75) is 19.0 Å². The molecule has 0 bridgehead atoms. The number of carbonyl (C=O) groups excluding carboxylic acids is 1. The summed E-state index contributed by atoms with van der Waals surface area (Å²) in [5.41, 5.74) is 0.913. The van der Waals surface area contributed by atoms with E-state index in [0.29, 0.717) is 18.1 Å². The first-order chi connectivity index (χ1) is 11.4. The zero-order valence-electron chi connectivity index (χ0n) is 13.3. The molecule has 24 heavy (non-hydrogen) atoms. The zero-order chi connectivity index (χ0) is 17.2. The number of hydrogen-bond donors (Lipinski definition) is 1. The maximum atomic E-state index is 12.1. The van der Waals surface area contributed by atoms with Gasteiger partial charge in [-0.05, 0) is 6.42 Å². The molecular formula is C16H19N3O4S. The maximum absolute atomic E-state index is 12.1. The van der Waals surface area contributed by atoms with Gasteiger partial charge in [0.2, 0.25) is 5.89 Å². The second-order valence-corrected chi connectivity index (χ2v) is 8.04. The first kappa shape index (κ1) is 16.5. The van der Waals surface area contributed by atoms with E-state index in [0.717, 1.165) is 5.56 Å². The Morgan fingerprint density at radius 3 is 2.79 bits per heavy atom. The molecule has 1 aliphatic rings. The summed E-state index contributed by atoms with van der Waals surface area (Å²) in [5.74, 6) is 1.19. The third-order valence-corrected chi connectivity index (χ3v) is 5.83. The van der Waals surface area contributed by atoms with E-state index >= 15 is 0 Å². The van der Waals surface area contributed by atoms with Crippen LogP contribution in [0, 0.1) is 0 Å². The Labute approximate surface area is 140 Å². The number of nitrogens with zero attached hydrogens (tertiary/aromatic N) is 2. The SMILES string of the molecule is CN(C(=O)NCc1ncc(-c2ccccc2)o1)[C@H]1CCS(=O)(=O)C1. The fraction of sp³-hybridized carbons (Fsp3) is 0.375. The van der Waals surface area contributed by atoms with Gasteiger partial charge in [-0.15, -0.1) is 0 Å². The Morgan fingerprint density at radius 2 is 2.12 bits per heavy atom. The molecule has 0 saturated carbocycles. The van der Waals surface area contributed by atoms with Gasteiger partial charge < -0.3 is 14.6 Å². The van der Waals surface area contributed by atoms with E-state index in [1.807, 2.05) is 30.3 Å². The third-order valence-electron chi connectivity index (χ3n) is 4.08. The number of benzene rings is 1. The summed E-state index contributed by atoms with van der Waals surface area (Å²) in [4.78, 5) is 17.7. The highest BCUT2D eigenvalue weighted by atomic mass is 32.2. The molecular weight excluding hydrogens is 330 g/mol. The van der Waals surface area contributed by atoms with Crippen molar-refractivity contribution in [3.8, 4) is 11.3 Å². The van der Waals surface area contributed by atoms with E-state index in [9.17, 15) is 13.2 Å². The Bertz CT molecular complexity index is 817. The lowest BCUT2D eigenvalue weighted by Crippen LogP contribution is -2.43. The number of aromatic nitrogens is 1. The van der Waals surface area contributed by atoms with Crippen molar-refractivity contribution in [3.05, 3.63) is 42.4 Å². The van der Waals surface area contributed by atoms with Gasteiger partial charge >= 0.3 is 6.03 Å². The molecule has 0 unspecified atom stereocenters. The van der Waals surface area contributed by atoms with Gasteiger partial charge in [0.05, 0.1) is 24.2 Å². The normalized spacial score (nSPS) is 19.1.